The van der Waals surface area contributed by atoms with Gasteiger partial charge in [-0.25, -0.2) is 4.39 Å². The molecule has 2 aromatic carbocycles. The van der Waals surface area contributed by atoms with Crippen molar-refractivity contribution in [2.75, 3.05) is 13.1 Å². The van der Waals surface area contributed by atoms with Crippen molar-refractivity contribution in [1.29, 1.82) is 0 Å². The Morgan fingerprint density at radius 2 is 2.04 bits per heavy atom. The number of carbonyl (C=O) groups excluding carboxylic acids is 1. The second kappa shape index (κ2) is 7.84. The van der Waals surface area contributed by atoms with E-state index < -0.39 is 10.8 Å². The first kappa shape index (κ1) is 18.3. The largest absolute Gasteiger partial charge is 0.286 e. The summed E-state index contributed by atoms with van der Waals surface area (Å²) in [6, 6.07) is 9.84. The Morgan fingerprint density at radius 1 is 1.31 bits per heavy atom. The molecule has 0 spiro atoms. The van der Waals surface area contributed by atoms with E-state index in [1.54, 1.807) is 12.1 Å². The number of nitro groups is 1. The first-order chi connectivity index (χ1) is 12.5. The van der Waals surface area contributed by atoms with Crippen LogP contribution < -0.4 is 0 Å². The monoisotopic (exact) mass is 393 g/mol. The molecule has 0 saturated heterocycles. The number of hydrogen-bond acceptors (Lipinski definition) is 5. The van der Waals surface area contributed by atoms with Crippen molar-refractivity contribution >= 4 is 40.1 Å². The van der Waals surface area contributed by atoms with E-state index in [1.165, 1.54) is 47.0 Å². The molecule has 1 aliphatic rings. The Bertz CT molecular complexity index is 889. The van der Waals surface area contributed by atoms with Gasteiger partial charge in [-0.3, -0.25) is 24.8 Å². The molecule has 3 rings (SSSR count). The van der Waals surface area contributed by atoms with E-state index >= 15 is 0 Å². The first-order valence-corrected chi connectivity index (χ1v) is 8.99. The molecule has 1 amide bonds. The molecule has 0 radical (unpaired) electrons. The van der Waals surface area contributed by atoms with Gasteiger partial charge < -0.3 is 0 Å². The highest BCUT2D eigenvalue weighted by molar-refractivity contribution is 8.13. The Morgan fingerprint density at radius 3 is 2.73 bits per heavy atom. The van der Waals surface area contributed by atoms with Crippen molar-refractivity contribution in [2.24, 2.45) is 4.99 Å². The predicted octanol–water partition coefficient (Wildman–Crippen LogP) is 4.13. The maximum atomic E-state index is 13.0. The lowest BCUT2D eigenvalue weighted by atomic mass is 10.2. The molecule has 0 bridgehead atoms. The third-order valence-corrected chi connectivity index (χ3v) is 5.13. The zero-order chi connectivity index (χ0) is 18.7. The zero-order valence-corrected chi connectivity index (χ0v) is 15.0. The number of benzene rings is 2. The summed E-state index contributed by atoms with van der Waals surface area (Å²) in [6.45, 7) is 0.827. The fourth-order valence-corrected chi connectivity index (χ4v) is 3.60. The molecule has 0 saturated carbocycles. The number of nitrogens with zero attached hydrogens (tertiary/aromatic N) is 3. The van der Waals surface area contributed by atoms with Crippen LogP contribution in [0.1, 0.15) is 15.9 Å². The lowest BCUT2D eigenvalue weighted by Crippen LogP contribution is -2.33. The number of carbonyl (C=O) groups is 1. The molecule has 134 valence electrons. The van der Waals surface area contributed by atoms with Gasteiger partial charge in [0.1, 0.15) is 5.82 Å². The van der Waals surface area contributed by atoms with E-state index in [2.05, 4.69) is 4.99 Å². The van der Waals surface area contributed by atoms with Gasteiger partial charge in [0, 0.05) is 24.4 Å². The van der Waals surface area contributed by atoms with Crippen LogP contribution in [0.25, 0.3) is 0 Å². The summed E-state index contributed by atoms with van der Waals surface area (Å²) in [5, 5.41) is 11.6. The molecule has 1 aliphatic heterocycles. The number of thioether (sulfide) groups is 1. The first-order valence-electron chi connectivity index (χ1n) is 7.63. The van der Waals surface area contributed by atoms with E-state index in [1.807, 2.05) is 0 Å². The van der Waals surface area contributed by atoms with Gasteiger partial charge in [0.05, 0.1) is 22.1 Å². The Balaban J connectivity index is 1.75. The van der Waals surface area contributed by atoms with Crippen LogP contribution in [0.3, 0.4) is 0 Å². The summed E-state index contributed by atoms with van der Waals surface area (Å²) in [5.74, 6) is -0.221. The summed E-state index contributed by atoms with van der Waals surface area (Å²) in [7, 11) is 0. The minimum atomic E-state index is -0.574. The second-order valence-corrected chi connectivity index (χ2v) is 6.81. The molecule has 0 aliphatic carbocycles. The molecule has 2 aromatic rings. The van der Waals surface area contributed by atoms with E-state index in [4.69, 9.17) is 11.6 Å². The molecule has 0 aromatic heterocycles. The molecule has 9 heteroatoms. The number of non-ortho nitro benzene ring substituents is 1. The van der Waals surface area contributed by atoms with E-state index in [0.717, 1.165) is 5.56 Å². The molecule has 0 unspecified atom stereocenters. The Labute approximate surface area is 157 Å². The van der Waals surface area contributed by atoms with E-state index in [9.17, 15) is 19.3 Å². The summed E-state index contributed by atoms with van der Waals surface area (Å²) < 4.78 is 13.0. The van der Waals surface area contributed by atoms with Crippen LogP contribution >= 0.6 is 23.4 Å². The van der Waals surface area contributed by atoms with Gasteiger partial charge in [0.15, 0.2) is 5.17 Å². The predicted molar refractivity (Wildman–Crippen MR) is 99.1 cm³/mol. The van der Waals surface area contributed by atoms with E-state index in [-0.39, 0.29) is 22.1 Å². The standard InChI is InChI=1S/C17H13ClFN3O3S/c18-15-6-5-13(22(24)25)9-14(15)16(23)21-8-7-20-17(21)26-10-11-1-3-12(19)4-2-11/h1-6,9H,7-8,10H2. The van der Waals surface area contributed by atoms with Crippen molar-refractivity contribution in [3.8, 4) is 0 Å². The van der Waals surface area contributed by atoms with Crippen molar-refractivity contribution in [3.05, 3.63) is 74.5 Å². The van der Waals surface area contributed by atoms with Gasteiger partial charge in [0.25, 0.3) is 11.6 Å². The Hall–Kier alpha value is -2.45. The summed E-state index contributed by atoms with van der Waals surface area (Å²) in [5.41, 5.74) is 0.763. The molecule has 0 fully saturated rings. The fraction of sp³-hybridized carbons (Fsp3) is 0.176. The maximum Gasteiger partial charge on any atom is 0.270 e. The summed E-state index contributed by atoms with van der Waals surface area (Å²) in [6.07, 6.45) is 0. The van der Waals surface area contributed by atoms with Crippen LogP contribution in [-0.2, 0) is 5.75 Å². The molecular weight excluding hydrogens is 381 g/mol. The number of halogens is 2. The maximum absolute atomic E-state index is 13.0. The topological polar surface area (TPSA) is 75.8 Å². The number of nitro benzene ring substituents is 1. The van der Waals surface area contributed by atoms with Crippen LogP contribution in [0.15, 0.2) is 47.5 Å². The molecule has 6 nitrogen and oxygen atoms in total. The minimum absolute atomic E-state index is 0.0675. The van der Waals surface area contributed by atoms with Crippen molar-refractivity contribution in [3.63, 3.8) is 0 Å². The minimum Gasteiger partial charge on any atom is -0.286 e. The SMILES string of the molecule is O=C(c1cc([N+](=O)[O-])ccc1Cl)N1CCN=C1SCc1ccc(F)cc1. The van der Waals surface area contributed by atoms with E-state index in [0.29, 0.717) is 24.0 Å². The average molecular weight is 394 g/mol. The van der Waals surface area contributed by atoms with Crippen LogP contribution in [0, 0.1) is 15.9 Å². The quantitative estimate of drug-likeness (QED) is 0.578. The number of amides is 1. The molecule has 26 heavy (non-hydrogen) atoms. The highest BCUT2D eigenvalue weighted by atomic mass is 35.5. The van der Waals surface area contributed by atoms with Crippen molar-refractivity contribution < 1.29 is 14.1 Å². The molecule has 1 heterocycles. The number of rotatable bonds is 4. The third-order valence-electron chi connectivity index (χ3n) is 3.72. The van der Waals surface area contributed by atoms with Gasteiger partial charge >= 0.3 is 0 Å². The molecule has 0 N–H and O–H groups in total. The van der Waals surface area contributed by atoms with Crippen molar-refractivity contribution in [2.45, 2.75) is 5.75 Å². The number of aliphatic imine (C=N–C) groups is 1. The Kier molecular flexibility index (Phi) is 5.53. The van der Waals surface area contributed by atoms with Gasteiger partial charge in [-0.2, -0.15) is 0 Å². The number of hydrogen-bond donors (Lipinski definition) is 0. The fourth-order valence-electron chi connectivity index (χ4n) is 2.40. The summed E-state index contributed by atoms with van der Waals surface area (Å²) >= 11 is 7.40. The van der Waals surface area contributed by atoms with Gasteiger partial charge in [0.2, 0.25) is 0 Å². The van der Waals surface area contributed by atoms with Crippen LogP contribution in [-0.4, -0.2) is 34.0 Å². The lowest BCUT2D eigenvalue weighted by Gasteiger charge is -2.18. The van der Waals surface area contributed by atoms with Crippen molar-refractivity contribution in [1.82, 2.24) is 4.90 Å². The highest BCUT2D eigenvalue weighted by Crippen LogP contribution is 2.27. The molecular formula is C17H13ClFN3O3S. The normalized spacial score (nSPS) is 13.6. The van der Waals surface area contributed by atoms with Crippen LogP contribution in [0.2, 0.25) is 5.02 Å². The second-order valence-electron chi connectivity index (χ2n) is 5.46. The zero-order valence-electron chi connectivity index (χ0n) is 13.4. The van der Waals surface area contributed by atoms with Crippen LogP contribution in [0.5, 0.6) is 0 Å². The van der Waals surface area contributed by atoms with Gasteiger partial charge in [-0.05, 0) is 23.8 Å². The lowest BCUT2D eigenvalue weighted by molar-refractivity contribution is -0.384. The highest BCUT2D eigenvalue weighted by Gasteiger charge is 2.27. The smallest absolute Gasteiger partial charge is 0.270 e. The molecule has 0 atom stereocenters. The average Bonchev–Trinajstić information content (AvgIpc) is 3.09. The van der Waals surface area contributed by atoms with Crippen LogP contribution in [0.4, 0.5) is 10.1 Å². The number of amidine groups is 1. The van der Waals surface area contributed by atoms with Gasteiger partial charge in [-0.15, -0.1) is 0 Å². The van der Waals surface area contributed by atoms with Gasteiger partial charge in [-0.1, -0.05) is 35.5 Å². The third kappa shape index (κ3) is 4.03. The summed E-state index contributed by atoms with van der Waals surface area (Å²) in [4.78, 5) is 28.9.